The molecule has 0 saturated heterocycles. The lowest BCUT2D eigenvalue weighted by Crippen LogP contribution is -2.46. The van der Waals surface area contributed by atoms with Gasteiger partial charge < -0.3 is 15.8 Å². The van der Waals surface area contributed by atoms with Gasteiger partial charge in [-0.05, 0) is 43.9 Å². The fraction of sp³-hybridized carbons (Fsp3) is 0.500. The number of nitrogens with two attached hydrogens (primary N) is 1. The summed E-state index contributed by atoms with van der Waals surface area (Å²) in [5.41, 5.74) is 5.67. The smallest absolute Gasteiger partial charge is 0.261 e. The molecule has 0 spiro atoms. The van der Waals surface area contributed by atoms with Crippen LogP contribution in [0.4, 0.5) is 0 Å². The third-order valence-corrected chi connectivity index (χ3v) is 3.74. The Morgan fingerprint density at radius 3 is 2.80 bits per heavy atom. The lowest BCUT2D eigenvalue weighted by molar-refractivity contribution is -0.128. The summed E-state index contributed by atoms with van der Waals surface area (Å²) in [6, 6.07) is 7.54. The molecule has 20 heavy (non-hydrogen) atoms. The number of rotatable bonds is 6. The van der Waals surface area contributed by atoms with E-state index in [0.717, 1.165) is 17.3 Å². The van der Waals surface area contributed by atoms with Crippen molar-refractivity contribution >= 4 is 34.2 Å². The largest absolute Gasteiger partial charge is 0.481 e. The maximum Gasteiger partial charge on any atom is 0.261 e. The molecule has 0 heterocycles. The molecule has 1 saturated carbocycles. The molecule has 0 radical (unpaired) electrons. The van der Waals surface area contributed by atoms with Crippen LogP contribution in [-0.2, 0) is 4.79 Å². The topological polar surface area (TPSA) is 64.3 Å². The summed E-state index contributed by atoms with van der Waals surface area (Å²) in [5, 5.41) is 2.96. The molecule has 2 atom stereocenters. The third kappa shape index (κ3) is 4.96. The van der Waals surface area contributed by atoms with E-state index in [1.165, 1.54) is 0 Å². The highest BCUT2D eigenvalue weighted by molar-refractivity contribution is 9.10. The van der Waals surface area contributed by atoms with Crippen LogP contribution in [0.3, 0.4) is 0 Å². The van der Waals surface area contributed by atoms with Gasteiger partial charge in [0.15, 0.2) is 6.10 Å². The summed E-state index contributed by atoms with van der Waals surface area (Å²) in [6.07, 6.45) is 1.79. The van der Waals surface area contributed by atoms with Gasteiger partial charge in [0.1, 0.15) is 5.75 Å². The molecule has 0 aromatic heterocycles. The van der Waals surface area contributed by atoms with Crippen molar-refractivity contribution in [1.29, 1.82) is 0 Å². The summed E-state index contributed by atoms with van der Waals surface area (Å²) in [7, 11) is 0. The number of halogens is 2. The molecule has 6 heteroatoms. The predicted octanol–water partition coefficient (Wildman–Crippen LogP) is 2.49. The first kappa shape index (κ1) is 17.3. The van der Waals surface area contributed by atoms with Crippen LogP contribution in [0, 0.1) is 5.92 Å². The highest BCUT2D eigenvalue weighted by Crippen LogP contribution is 2.32. The Balaban J connectivity index is 0.00000200. The molecule has 1 amide bonds. The summed E-state index contributed by atoms with van der Waals surface area (Å²) in [5.74, 6) is 1.11. The quantitative estimate of drug-likeness (QED) is 0.816. The minimum atomic E-state index is -0.526. The first-order chi connectivity index (χ1) is 9.10. The Hall–Kier alpha value is -0.780. The van der Waals surface area contributed by atoms with Crippen LogP contribution in [-0.4, -0.2) is 24.6 Å². The van der Waals surface area contributed by atoms with Crippen LogP contribution in [0.1, 0.15) is 19.8 Å². The van der Waals surface area contributed by atoms with Gasteiger partial charge in [0.05, 0.1) is 0 Å². The normalized spacial score (nSPS) is 16.8. The molecule has 1 aliphatic rings. The number of hydrogen-bond acceptors (Lipinski definition) is 3. The van der Waals surface area contributed by atoms with E-state index in [2.05, 4.69) is 21.2 Å². The van der Waals surface area contributed by atoms with Crippen molar-refractivity contribution in [2.75, 3.05) is 6.54 Å². The fourth-order valence-electron chi connectivity index (χ4n) is 1.97. The Bertz CT molecular complexity index is 455. The van der Waals surface area contributed by atoms with E-state index < -0.39 is 6.10 Å². The zero-order valence-corrected chi connectivity index (χ0v) is 13.7. The molecule has 1 aromatic rings. The van der Waals surface area contributed by atoms with Gasteiger partial charge in [-0.2, -0.15) is 0 Å². The second kappa shape index (κ2) is 7.86. The molecule has 1 fully saturated rings. The van der Waals surface area contributed by atoms with Gasteiger partial charge in [0, 0.05) is 17.1 Å². The van der Waals surface area contributed by atoms with Crippen LogP contribution >= 0.6 is 28.3 Å². The molecule has 2 unspecified atom stereocenters. The highest BCUT2D eigenvalue weighted by atomic mass is 79.9. The standard InChI is InChI=1S/C14H19BrN2O2.ClH/c1-9(19-12-4-2-3-11(15)7-12)14(18)17-13(8-16)10-5-6-10;/h2-4,7,9-10,13H,5-6,8,16H2,1H3,(H,17,18);1H. The lowest BCUT2D eigenvalue weighted by Gasteiger charge is -2.20. The number of amides is 1. The summed E-state index contributed by atoms with van der Waals surface area (Å²) in [4.78, 5) is 12.0. The molecule has 0 aliphatic heterocycles. The van der Waals surface area contributed by atoms with Crippen molar-refractivity contribution < 1.29 is 9.53 Å². The number of benzene rings is 1. The van der Waals surface area contributed by atoms with Gasteiger partial charge in [0.25, 0.3) is 5.91 Å². The Labute approximate surface area is 134 Å². The van der Waals surface area contributed by atoms with Crippen LogP contribution in [0.25, 0.3) is 0 Å². The van der Waals surface area contributed by atoms with Crippen molar-refractivity contribution in [3.63, 3.8) is 0 Å². The molecule has 2 rings (SSSR count). The van der Waals surface area contributed by atoms with E-state index in [-0.39, 0.29) is 24.4 Å². The molecule has 112 valence electrons. The van der Waals surface area contributed by atoms with E-state index >= 15 is 0 Å². The van der Waals surface area contributed by atoms with Crippen molar-refractivity contribution in [3.8, 4) is 5.75 Å². The Morgan fingerprint density at radius 2 is 2.25 bits per heavy atom. The van der Waals surface area contributed by atoms with E-state index in [4.69, 9.17) is 10.5 Å². The average Bonchev–Trinajstić information content (AvgIpc) is 3.19. The monoisotopic (exact) mass is 362 g/mol. The van der Waals surface area contributed by atoms with Gasteiger partial charge in [-0.25, -0.2) is 0 Å². The molecular weight excluding hydrogens is 344 g/mol. The van der Waals surface area contributed by atoms with Crippen molar-refractivity contribution in [1.82, 2.24) is 5.32 Å². The summed E-state index contributed by atoms with van der Waals surface area (Å²) >= 11 is 3.37. The minimum absolute atomic E-state index is 0. The van der Waals surface area contributed by atoms with Crippen LogP contribution in [0.5, 0.6) is 5.75 Å². The van der Waals surface area contributed by atoms with Crippen molar-refractivity contribution in [2.45, 2.75) is 31.9 Å². The molecule has 3 N–H and O–H groups in total. The van der Waals surface area contributed by atoms with E-state index in [0.29, 0.717) is 18.2 Å². The zero-order valence-electron chi connectivity index (χ0n) is 11.3. The van der Waals surface area contributed by atoms with Gasteiger partial charge in [-0.15, -0.1) is 12.4 Å². The van der Waals surface area contributed by atoms with Gasteiger partial charge >= 0.3 is 0 Å². The first-order valence-electron chi connectivity index (χ1n) is 6.53. The van der Waals surface area contributed by atoms with Crippen LogP contribution in [0.2, 0.25) is 0 Å². The van der Waals surface area contributed by atoms with Crippen LogP contribution in [0.15, 0.2) is 28.7 Å². The second-order valence-electron chi connectivity index (χ2n) is 4.91. The molecule has 1 aromatic carbocycles. The van der Waals surface area contributed by atoms with E-state index in [9.17, 15) is 4.79 Å². The van der Waals surface area contributed by atoms with Crippen molar-refractivity contribution in [3.05, 3.63) is 28.7 Å². The Morgan fingerprint density at radius 1 is 1.55 bits per heavy atom. The predicted molar refractivity (Wildman–Crippen MR) is 85.2 cm³/mol. The second-order valence-corrected chi connectivity index (χ2v) is 5.82. The number of ether oxygens (including phenoxy) is 1. The minimum Gasteiger partial charge on any atom is -0.481 e. The molecule has 0 bridgehead atoms. The number of carbonyl (C=O) groups is 1. The molecule has 4 nitrogen and oxygen atoms in total. The fourth-order valence-corrected chi connectivity index (χ4v) is 2.34. The highest BCUT2D eigenvalue weighted by Gasteiger charge is 2.32. The number of nitrogens with one attached hydrogen (secondary N) is 1. The maximum atomic E-state index is 12.0. The summed E-state index contributed by atoms with van der Waals surface area (Å²) in [6.45, 7) is 2.23. The average molecular weight is 364 g/mol. The van der Waals surface area contributed by atoms with E-state index in [1.807, 2.05) is 24.3 Å². The third-order valence-electron chi connectivity index (χ3n) is 3.25. The SMILES string of the molecule is CC(Oc1cccc(Br)c1)C(=O)NC(CN)C1CC1.Cl. The van der Waals surface area contributed by atoms with Gasteiger partial charge in [0.2, 0.25) is 0 Å². The lowest BCUT2D eigenvalue weighted by atomic mass is 10.2. The maximum absolute atomic E-state index is 12.0. The number of hydrogen-bond donors (Lipinski definition) is 2. The van der Waals surface area contributed by atoms with Crippen molar-refractivity contribution in [2.24, 2.45) is 11.7 Å². The van der Waals surface area contributed by atoms with E-state index in [1.54, 1.807) is 6.92 Å². The zero-order chi connectivity index (χ0) is 13.8. The van der Waals surface area contributed by atoms with Crippen LogP contribution < -0.4 is 15.8 Å². The molecular formula is C14H20BrClN2O2. The van der Waals surface area contributed by atoms with Gasteiger partial charge in [-0.1, -0.05) is 22.0 Å². The number of carbonyl (C=O) groups excluding carboxylic acids is 1. The molecule has 1 aliphatic carbocycles. The Kier molecular flexibility index (Phi) is 6.79. The first-order valence-corrected chi connectivity index (χ1v) is 7.32. The van der Waals surface area contributed by atoms with Gasteiger partial charge in [-0.3, -0.25) is 4.79 Å². The summed E-state index contributed by atoms with van der Waals surface area (Å²) < 4.78 is 6.55.